The molecule has 2 fully saturated rings. The molecule has 2 saturated carbocycles. The Morgan fingerprint density at radius 1 is 1.02 bits per heavy atom. The van der Waals surface area contributed by atoms with E-state index in [2.05, 4.69) is 5.16 Å². The molecule has 206 valence electrons. The quantitative estimate of drug-likeness (QED) is 0.211. The maximum atomic E-state index is 11.4. The normalized spacial score (nSPS) is 20.3. The van der Waals surface area contributed by atoms with E-state index in [-0.39, 0.29) is 18.1 Å². The highest BCUT2D eigenvalue weighted by Gasteiger charge is 2.46. The number of aliphatic hydroxyl groups is 1. The summed E-state index contributed by atoms with van der Waals surface area (Å²) in [7, 11) is 0. The molecule has 1 aromatic heterocycles. The fourth-order valence-electron chi connectivity index (χ4n) is 5.58. The summed E-state index contributed by atoms with van der Waals surface area (Å²) in [4.78, 5) is 11.4. The molecule has 2 aliphatic carbocycles. The Labute approximate surface area is 246 Å². The van der Waals surface area contributed by atoms with Crippen molar-refractivity contribution in [1.82, 2.24) is 5.16 Å². The van der Waals surface area contributed by atoms with E-state index in [1.807, 2.05) is 13.0 Å². The number of benzene rings is 3. The van der Waals surface area contributed by atoms with Crippen LogP contribution in [0.5, 0.6) is 5.75 Å². The van der Waals surface area contributed by atoms with E-state index < -0.39 is 11.6 Å². The lowest BCUT2D eigenvalue weighted by Crippen LogP contribution is -2.40. The van der Waals surface area contributed by atoms with Crippen LogP contribution in [0.4, 0.5) is 0 Å². The number of rotatable bonds is 8. The van der Waals surface area contributed by atoms with Crippen molar-refractivity contribution < 1.29 is 24.3 Å². The summed E-state index contributed by atoms with van der Waals surface area (Å²) < 4.78 is 11.9. The van der Waals surface area contributed by atoms with Crippen LogP contribution < -0.4 is 4.74 Å². The van der Waals surface area contributed by atoms with Crippen LogP contribution in [0.15, 0.2) is 59.1 Å². The number of ether oxygens (including phenoxy) is 1. The Hall–Kier alpha value is -3.03. The van der Waals surface area contributed by atoms with Gasteiger partial charge in [0.05, 0.1) is 31.8 Å². The summed E-state index contributed by atoms with van der Waals surface area (Å²) in [6.45, 7) is 2.14. The van der Waals surface area contributed by atoms with Crippen LogP contribution in [0.25, 0.3) is 11.3 Å². The third-order valence-corrected chi connectivity index (χ3v) is 8.87. The van der Waals surface area contributed by atoms with Gasteiger partial charge in [-0.05, 0) is 86.1 Å². The fraction of sp³-hybridized carbons (Fsp3) is 0.290. The first kappa shape index (κ1) is 27.2. The largest absolute Gasteiger partial charge is 0.489 e. The third kappa shape index (κ3) is 4.99. The van der Waals surface area contributed by atoms with Crippen molar-refractivity contribution in [2.24, 2.45) is 0 Å². The van der Waals surface area contributed by atoms with Crippen molar-refractivity contribution in [2.45, 2.75) is 56.7 Å². The molecule has 2 aliphatic rings. The van der Waals surface area contributed by atoms with Crippen molar-refractivity contribution in [3.8, 4) is 17.0 Å². The first-order valence-corrected chi connectivity index (χ1v) is 14.2. The van der Waals surface area contributed by atoms with E-state index in [0.29, 0.717) is 56.4 Å². The van der Waals surface area contributed by atoms with E-state index in [1.165, 1.54) is 0 Å². The number of carbonyl (C=O) groups is 1. The molecule has 3 aromatic carbocycles. The molecular formula is C31H26Cl3NO5. The average molecular weight is 599 g/mol. The lowest BCUT2D eigenvalue weighted by atomic mass is 9.64. The predicted molar refractivity (Wildman–Crippen MR) is 154 cm³/mol. The molecule has 0 radical (unpaired) electrons. The van der Waals surface area contributed by atoms with Crippen molar-refractivity contribution in [2.75, 3.05) is 0 Å². The zero-order valence-electron chi connectivity index (χ0n) is 21.6. The van der Waals surface area contributed by atoms with Crippen molar-refractivity contribution >= 4 is 40.8 Å². The van der Waals surface area contributed by atoms with Gasteiger partial charge in [0.25, 0.3) is 0 Å². The lowest BCUT2D eigenvalue weighted by molar-refractivity contribution is -0.0550. The van der Waals surface area contributed by atoms with Crippen molar-refractivity contribution in [1.29, 1.82) is 0 Å². The second kappa shape index (κ2) is 10.4. The Kier molecular flexibility index (Phi) is 7.07. The average Bonchev–Trinajstić information content (AvgIpc) is 3.66. The van der Waals surface area contributed by atoms with Crippen LogP contribution >= 0.6 is 34.8 Å². The van der Waals surface area contributed by atoms with Gasteiger partial charge in [0, 0.05) is 17.0 Å². The molecule has 6 rings (SSSR count). The van der Waals surface area contributed by atoms with Gasteiger partial charge in [-0.1, -0.05) is 58.2 Å². The van der Waals surface area contributed by atoms with E-state index in [4.69, 9.17) is 44.1 Å². The number of hydrogen-bond donors (Lipinski definition) is 2. The molecule has 0 atom stereocenters. The zero-order valence-corrected chi connectivity index (χ0v) is 23.9. The smallest absolute Gasteiger partial charge is 0.335 e. The Bertz CT molecular complexity index is 1600. The summed E-state index contributed by atoms with van der Waals surface area (Å²) in [6.07, 6.45) is 2.95. The van der Waals surface area contributed by atoms with Crippen LogP contribution in [0, 0.1) is 6.92 Å². The number of carboxylic acid groups (broad SMARTS) is 1. The topological polar surface area (TPSA) is 92.8 Å². The van der Waals surface area contributed by atoms with Crippen molar-refractivity contribution in [3.63, 3.8) is 0 Å². The van der Waals surface area contributed by atoms with Gasteiger partial charge in [0.2, 0.25) is 0 Å². The SMILES string of the molecule is Cc1ccc(C(=O)O)cc1[C@H]1C[C@](O)(c2ccc(OCc3c(-c4c(Cl)cccc4Cl)noc3C3CC3)cc2Cl)C1. The van der Waals surface area contributed by atoms with Gasteiger partial charge in [0.1, 0.15) is 23.8 Å². The molecule has 9 heteroatoms. The van der Waals surface area contributed by atoms with E-state index in [1.54, 1.807) is 48.5 Å². The van der Waals surface area contributed by atoms with E-state index in [9.17, 15) is 15.0 Å². The lowest BCUT2D eigenvalue weighted by Gasteiger charge is -2.45. The first-order chi connectivity index (χ1) is 19.1. The Morgan fingerprint density at radius 2 is 1.75 bits per heavy atom. The summed E-state index contributed by atoms with van der Waals surface area (Å²) in [5, 5.41) is 26.4. The number of aromatic carboxylic acids is 1. The van der Waals surface area contributed by atoms with Crippen molar-refractivity contribution in [3.05, 3.63) is 103 Å². The molecule has 2 N–H and O–H groups in total. The highest BCUT2D eigenvalue weighted by atomic mass is 35.5. The van der Waals surface area contributed by atoms with Gasteiger partial charge in [-0.2, -0.15) is 0 Å². The fourth-order valence-corrected chi connectivity index (χ4v) is 6.50. The maximum Gasteiger partial charge on any atom is 0.335 e. The minimum atomic E-state index is -1.10. The number of nitrogens with zero attached hydrogens (tertiary/aromatic N) is 1. The predicted octanol–water partition coefficient (Wildman–Crippen LogP) is 8.53. The number of carboxylic acids is 1. The number of aryl methyl sites for hydroxylation is 1. The molecule has 0 saturated heterocycles. The summed E-state index contributed by atoms with van der Waals surface area (Å²) >= 11 is 19.6. The highest BCUT2D eigenvalue weighted by Crippen LogP contribution is 2.53. The van der Waals surface area contributed by atoms with Crippen LogP contribution in [-0.4, -0.2) is 21.3 Å². The minimum absolute atomic E-state index is 0.0424. The van der Waals surface area contributed by atoms with E-state index >= 15 is 0 Å². The standard InChI is InChI=1S/C31H26Cl3NO5/c1-16-5-6-18(30(36)37)11-21(16)19-13-31(38,14-19)23-10-9-20(12-26(23)34)39-15-22-28(35-40-29(22)17-7-8-17)27-24(32)3-2-4-25(27)33/h2-6,9-12,17,19,38H,7-8,13-15H2,1H3,(H,36,37)/t19-,31+. The second-order valence-electron chi connectivity index (χ2n) is 10.7. The summed E-state index contributed by atoms with van der Waals surface area (Å²) in [5.74, 6) is 0.698. The molecule has 0 unspecified atom stereocenters. The molecule has 40 heavy (non-hydrogen) atoms. The molecule has 6 nitrogen and oxygen atoms in total. The molecule has 0 bridgehead atoms. The highest BCUT2D eigenvalue weighted by molar-refractivity contribution is 6.39. The zero-order chi connectivity index (χ0) is 28.2. The number of hydrogen-bond acceptors (Lipinski definition) is 5. The van der Waals surface area contributed by atoms with Gasteiger partial charge in [-0.25, -0.2) is 4.79 Å². The van der Waals surface area contributed by atoms with Crippen LogP contribution in [0.3, 0.4) is 0 Å². The number of halogens is 3. The second-order valence-corrected chi connectivity index (χ2v) is 11.9. The maximum absolute atomic E-state index is 11.4. The van der Waals surface area contributed by atoms with Gasteiger partial charge >= 0.3 is 5.97 Å². The van der Waals surface area contributed by atoms with E-state index in [0.717, 1.165) is 35.3 Å². The molecule has 1 heterocycles. The van der Waals surface area contributed by atoms with Gasteiger partial charge in [-0.3, -0.25) is 0 Å². The number of aromatic nitrogens is 1. The van der Waals surface area contributed by atoms with Crippen LogP contribution in [-0.2, 0) is 12.2 Å². The minimum Gasteiger partial charge on any atom is -0.489 e. The molecule has 0 amide bonds. The summed E-state index contributed by atoms with van der Waals surface area (Å²) in [6, 6.07) is 15.7. The molecular weight excluding hydrogens is 573 g/mol. The Morgan fingerprint density at radius 3 is 2.40 bits per heavy atom. The monoisotopic (exact) mass is 597 g/mol. The molecule has 4 aromatic rings. The van der Waals surface area contributed by atoms with Crippen LogP contribution in [0.1, 0.15) is 75.9 Å². The first-order valence-electron chi connectivity index (χ1n) is 13.1. The van der Waals surface area contributed by atoms with Crippen LogP contribution in [0.2, 0.25) is 15.1 Å². The molecule has 0 spiro atoms. The Balaban J connectivity index is 1.20. The third-order valence-electron chi connectivity index (χ3n) is 7.93. The molecule has 0 aliphatic heterocycles. The van der Waals surface area contributed by atoms with Gasteiger partial charge < -0.3 is 19.5 Å². The van der Waals surface area contributed by atoms with Gasteiger partial charge in [0.15, 0.2) is 0 Å². The van der Waals surface area contributed by atoms with Gasteiger partial charge in [-0.15, -0.1) is 0 Å². The summed E-state index contributed by atoms with van der Waals surface area (Å²) in [5.41, 5.74) is 3.69.